The molecule has 3 N–H and O–H groups in total. The van der Waals surface area contributed by atoms with E-state index in [1.807, 2.05) is 22.6 Å². The first kappa shape index (κ1) is 30.3. The number of hydrogen-bond donors (Lipinski definition) is 3. The van der Waals surface area contributed by atoms with E-state index in [0.717, 1.165) is 12.8 Å². The number of methoxy groups -OCH3 is 1. The van der Waals surface area contributed by atoms with Crippen LogP contribution in [0, 0.1) is 3.57 Å². The summed E-state index contributed by atoms with van der Waals surface area (Å²) in [6.45, 7) is 2.61. The fourth-order valence-corrected chi connectivity index (χ4v) is 5.29. The van der Waals surface area contributed by atoms with Crippen LogP contribution < -0.4 is 14.8 Å². The Morgan fingerprint density at radius 2 is 2.13 bits per heavy atom. The zero-order valence-electron chi connectivity index (χ0n) is 21.6. The molecule has 1 aromatic carbocycles. The number of nitrogens with zero attached hydrogens (tertiary/aromatic N) is 1. The summed E-state index contributed by atoms with van der Waals surface area (Å²) in [7, 11) is 1.44. The van der Waals surface area contributed by atoms with Gasteiger partial charge in [0.2, 0.25) is 11.8 Å². The first-order chi connectivity index (χ1) is 18.3. The van der Waals surface area contributed by atoms with Crippen molar-refractivity contribution in [3.63, 3.8) is 0 Å². The maximum absolute atomic E-state index is 13.3. The van der Waals surface area contributed by atoms with Crippen molar-refractivity contribution in [2.24, 2.45) is 0 Å². The molecule has 1 heterocycles. The number of rotatable bonds is 13. The molecule has 0 saturated carbocycles. The summed E-state index contributed by atoms with van der Waals surface area (Å²) in [6, 6.07) is 2.33. The van der Waals surface area contributed by atoms with Gasteiger partial charge in [0.05, 0.1) is 29.4 Å². The molecule has 12 heteroatoms. The number of carbonyl (C=O) groups excluding carboxylic acids is 3. The third-order valence-corrected chi connectivity index (χ3v) is 7.23. The van der Waals surface area contributed by atoms with E-state index < -0.39 is 24.2 Å². The van der Waals surface area contributed by atoms with Crippen molar-refractivity contribution in [3.8, 4) is 11.5 Å². The van der Waals surface area contributed by atoms with E-state index in [-0.39, 0.29) is 50.5 Å². The van der Waals surface area contributed by atoms with Gasteiger partial charge in [-0.1, -0.05) is 0 Å². The Hall–Kier alpha value is -2.26. The first-order valence-corrected chi connectivity index (χ1v) is 13.7. The van der Waals surface area contributed by atoms with Crippen LogP contribution in [0.25, 0.3) is 0 Å². The molecule has 11 nitrogen and oxygen atoms in total. The van der Waals surface area contributed by atoms with Crippen LogP contribution in [0.3, 0.4) is 0 Å². The molecule has 38 heavy (non-hydrogen) atoms. The SMILES string of the molecule is CCOCC(=O)N(CC1CCCO1)C1CC(C(=O)NCCO)=CC(Oc2c(I)cc(C=O)cc2OC)C1O. The van der Waals surface area contributed by atoms with E-state index >= 15 is 0 Å². The Labute approximate surface area is 235 Å². The zero-order chi connectivity index (χ0) is 27.7. The van der Waals surface area contributed by atoms with E-state index in [1.54, 1.807) is 13.0 Å². The number of hydrogen-bond acceptors (Lipinski definition) is 9. The third kappa shape index (κ3) is 7.65. The summed E-state index contributed by atoms with van der Waals surface area (Å²) in [6.07, 6.45) is 1.51. The average Bonchev–Trinajstić information content (AvgIpc) is 3.44. The minimum absolute atomic E-state index is 0.0523. The van der Waals surface area contributed by atoms with Crippen molar-refractivity contribution in [2.45, 2.75) is 50.5 Å². The number of nitrogens with one attached hydrogen (secondary N) is 1. The lowest BCUT2D eigenvalue weighted by atomic mass is 9.88. The molecule has 1 aliphatic carbocycles. The van der Waals surface area contributed by atoms with Gasteiger partial charge in [0.25, 0.3) is 0 Å². The summed E-state index contributed by atoms with van der Waals surface area (Å²) in [5.74, 6) is -0.181. The van der Waals surface area contributed by atoms with Gasteiger partial charge in [-0.05, 0) is 60.6 Å². The van der Waals surface area contributed by atoms with Crippen LogP contribution in [-0.4, -0.2) is 104 Å². The van der Waals surface area contributed by atoms with Crippen molar-refractivity contribution >= 4 is 40.7 Å². The molecule has 2 amide bonds. The van der Waals surface area contributed by atoms with Crippen molar-refractivity contribution in [3.05, 3.63) is 32.9 Å². The van der Waals surface area contributed by atoms with E-state index in [1.165, 1.54) is 24.2 Å². The van der Waals surface area contributed by atoms with Crippen molar-refractivity contribution < 1.29 is 43.5 Å². The molecule has 0 aromatic heterocycles. The Kier molecular flexibility index (Phi) is 11.8. The number of aliphatic hydroxyl groups is 2. The van der Waals surface area contributed by atoms with Gasteiger partial charge in [-0.3, -0.25) is 14.4 Å². The quantitative estimate of drug-likeness (QED) is 0.212. The van der Waals surface area contributed by atoms with E-state index in [4.69, 9.17) is 24.1 Å². The molecule has 3 rings (SSSR count). The van der Waals surface area contributed by atoms with Crippen molar-refractivity contribution in [2.75, 3.05) is 46.6 Å². The molecule has 4 atom stereocenters. The number of halogens is 1. The van der Waals surface area contributed by atoms with Gasteiger partial charge >= 0.3 is 0 Å². The number of aldehydes is 1. The first-order valence-electron chi connectivity index (χ1n) is 12.6. The molecule has 1 fully saturated rings. The molecule has 0 spiro atoms. The molecular formula is C26H35IN2O9. The molecule has 1 aromatic rings. The molecule has 1 aliphatic heterocycles. The van der Waals surface area contributed by atoms with Crippen LogP contribution >= 0.6 is 22.6 Å². The van der Waals surface area contributed by atoms with Crippen LogP contribution in [0.4, 0.5) is 0 Å². The lowest BCUT2D eigenvalue weighted by Gasteiger charge is -2.41. The second kappa shape index (κ2) is 14.8. The van der Waals surface area contributed by atoms with E-state index in [9.17, 15) is 19.5 Å². The monoisotopic (exact) mass is 646 g/mol. The summed E-state index contributed by atoms with van der Waals surface area (Å²) in [5, 5.41) is 23.3. The molecule has 4 unspecified atom stereocenters. The predicted molar refractivity (Wildman–Crippen MR) is 145 cm³/mol. The number of carbonyl (C=O) groups is 3. The topological polar surface area (TPSA) is 144 Å². The van der Waals surface area contributed by atoms with Crippen molar-refractivity contribution in [1.82, 2.24) is 10.2 Å². The third-order valence-electron chi connectivity index (χ3n) is 6.43. The van der Waals surface area contributed by atoms with Gasteiger partial charge in [-0.2, -0.15) is 0 Å². The van der Waals surface area contributed by atoms with Gasteiger partial charge in [-0.15, -0.1) is 0 Å². The number of benzene rings is 1. The van der Waals surface area contributed by atoms with Crippen LogP contribution in [0.2, 0.25) is 0 Å². The summed E-state index contributed by atoms with van der Waals surface area (Å²) >= 11 is 2.00. The van der Waals surface area contributed by atoms with Crippen LogP contribution in [0.1, 0.15) is 36.5 Å². The van der Waals surface area contributed by atoms with Gasteiger partial charge in [0.1, 0.15) is 25.1 Å². The summed E-state index contributed by atoms with van der Waals surface area (Å²) in [5.41, 5.74) is 0.698. The molecule has 1 saturated heterocycles. The number of aliphatic hydroxyl groups excluding tert-OH is 2. The largest absolute Gasteiger partial charge is 0.493 e. The fraction of sp³-hybridized carbons (Fsp3) is 0.577. The molecular weight excluding hydrogens is 611 g/mol. The predicted octanol–water partition coefficient (Wildman–Crippen LogP) is 1.07. The number of ether oxygens (including phenoxy) is 4. The highest BCUT2D eigenvalue weighted by Crippen LogP contribution is 2.37. The highest BCUT2D eigenvalue weighted by Gasteiger charge is 2.42. The normalized spacial score (nSPS) is 22.9. The molecule has 2 aliphatic rings. The Bertz CT molecular complexity index is 1010. The van der Waals surface area contributed by atoms with Crippen LogP contribution in [0.15, 0.2) is 23.8 Å². The molecule has 210 valence electrons. The van der Waals surface area contributed by atoms with Crippen LogP contribution in [0.5, 0.6) is 11.5 Å². The lowest BCUT2D eigenvalue weighted by Crippen LogP contribution is -2.57. The van der Waals surface area contributed by atoms with E-state index in [2.05, 4.69) is 5.32 Å². The second-order valence-electron chi connectivity index (χ2n) is 8.99. The Balaban J connectivity index is 1.98. The Morgan fingerprint density at radius 1 is 1.34 bits per heavy atom. The highest BCUT2D eigenvalue weighted by molar-refractivity contribution is 14.1. The number of amides is 2. The van der Waals surface area contributed by atoms with E-state index in [0.29, 0.717) is 40.0 Å². The average molecular weight is 646 g/mol. The second-order valence-corrected chi connectivity index (χ2v) is 10.1. The lowest BCUT2D eigenvalue weighted by molar-refractivity contribution is -0.145. The summed E-state index contributed by atoms with van der Waals surface area (Å²) in [4.78, 5) is 39.0. The zero-order valence-corrected chi connectivity index (χ0v) is 23.7. The molecule has 0 radical (unpaired) electrons. The molecule has 0 bridgehead atoms. The minimum Gasteiger partial charge on any atom is -0.493 e. The van der Waals surface area contributed by atoms with Gasteiger partial charge in [0, 0.05) is 43.9 Å². The summed E-state index contributed by atoms with van der Waals surface area (Å²) < 4.78 is 23.3. The Morgan fingerprint density at radius 3 is 2.76 bits per heavy atom. The van der Waals surface area contributed by atoms with Crippen molar-refractivity contribution in [1.29, 1.82) is 0 Å². The van der Waals surface area contributed by atoms with Crippen LogP contribution in [-0.2, 0) is 19.1 Å². The smallest absolute Gasteiger partial charge is 0.249 e. The highest BCUT2D eigenvalue weighted by atomic mass is 127. The maximum Gasteiger partial charge on any atom is 0.249 e. The fourth-order valence-electron chi connectivity index (χ4n) is 4.54. The van der Waals surface area contributed by atoms with Gasteiger partial charge in [0.15, 0.2) is 11.5 Å². The standard InChI is InChI=1S/C26H35IN2O9/c1-3-36-15-23(32)29(13-18-5-4-8-37-18)20-11-17(26(34)28-6-7-30)12-21(24(20)33)38-25-19(27)9-16(14-31)10-22(25)35-2/h9-10,12,14,18,20-21,24,30,33H,3-8,11,13,15H2,1-2H3,(H,28,34). The van der Waals surface area contributed by atoms with Gasteiger partial charge in [-0.25, -0.2) is 0 Å². The maximum atomic E-state index is 13.3. The minimum atomic E-state index is -1.21. The van der Waals surface area contributed by atoms with Gasteiger partial charge < -0.3 is 39.4 Å².